The lowest BCUT2D eigenvalue weighted by atomic mass is 9.86. The molecule has 0 bridgehead atoms. The lowest BCUT2D eigenvalue weighted by Crippen LogP contribution is -2.60. The summed E-state index contributed by atoms with van der Waals surface area (Å²) >= 11 is 6.09. The van der Waals surface area contributed by atoms with Gasteiger partial charge in [-0.05, 0) is 44.2 Å². The number of likely N-dealkylation sites (N-methyl/N-ethyl adjacent to an activating group) is 1. The topological polar surface area (TPSA) is 48.7 Å². The molecule has 3 heterocycles. The van der Waals surface area contributed by atoms with Gasteiger partial charge in [0.2, 0.25) is 5.91 Å². The van der Waals surface area contributed by atoms with Crippen LogP contribution in [0.15, 0.2) is 40.8 Å². The molecule has 1 aromatic carbocycles. The second-order valence-electron chi connectivity index (χ2n) is 7.73. The van der Waals surface area contributed by atoms with E-state index in [1.807, 2.05) is 30.3 Å². The first-order chi connectivity index (χ1) is 13.0. The molecule has 1 spiro atoms. The number of nitrogens with zero attached hydrogens (tertiary/aromatic N) is 2. The average Bonchev–Trinajstić information content (AvgIpc) is 3.03. The van der Waals surface area contributed by atoms with E-state index in [0.717, 1.165) is 62.6 Å². The number of benzene rings is 1. The molecule has 2 saturated heterocycles. The Morgan fingerprint density at radius 1 is 1.22 bits per heavy atom. The van der Waals surface area contributed by atoms with Crippen molar-refractivity contribution in [1.29, 1.82) is 0 Å². The third-order valence-electron chi connectivity index (χ3n) is 5.96. The molecule has 4 rings (SSSR count). The first-order valence-corrected chi connectivity index (χ1v) is 9.97. The summed E-state index contributed by atoms with van der Waals surface area (Å²) < 4.78 is 6.09. The zero-order chi connectivity index (χ0) is 18.9. The van der Waals surface area contributed by atoms with E-state index >= 15 is 0 Å². The fourth-order valence-electron chi connectivity index (χ4n) is 4.29. The molecule has 1 N–H and O–H groups in total. The summed E-state index contributed by atoms with van der Waals surface area (Å²) in [6.45, 7) is 4.53. The van der Waals surface area contributed by atoms with Gasteiger partial charge in [-0.1, -0.05) is 23.7 Å². The second kappa shape index (κ2) is 7.66. The monoisotopic (exact) mass is 387 g/mol. The van der Waals surface area contributed by atoms with Crippen molar-refractivity contribution in [1.82, 2.24) is 15.1 Å². The average molecular weight is 388 g/mol. The van der Waals surface area contributed by atoms with Crippen LogP contribution in [0.1, 0.15) is 25.0 Å². The van der Waals surface area contributed by atoms with Gasteiger partial charge in [0.05, 0.1) is 6.54 Å². The second-order valence-corrected chi connectivity index (χ2v) is 8.17. The molecule has 0 saturated carbocycles. The third kappa shape index (κ3) is 4.05. The van der Waals surface area contributed by atoms with Gasteiger partial charge in [-0.15, -0.1) is 0 Å². The SMILES string of the molecule is CN1CCN(Cc2ccc(-c3cccc(Cl)c3)o2)C[C@@]12CCNC(=O)CC2. The van der Waals surface area contributed by atoms with Crippen LogP contribution in [0, 0.1) is 0 Å². The van der Waals surface area contributed by atoms with Gasteiger partial charge in [-0.2, -0.15) is 0 Å². The molecule has 0 radical (unpaired) electrons. The molecule has 0 unspecified atom stereocenters. The largest absolute Gasteiger partial charge is 0.460 e. The molecule has 6 heteroatoms. The summed E-state index contributed by atoms with van der Waals surface area (Å²) in [6, 6.07) is 11.8. The predicted octanol–water partition coefficient (Wildman–Crippen LogP) is 3.39. The Morgan fingerprint density at radius 2 is 2.11 bits per heavy atom. The molecule has 1 aromatic heterocycles. The fourth-order valence-corrected chi connectivity index (χ4v) is 4.48. The Bertz CT molecular complexity index is 821. The van der Waals surface area contributed by atoms with Gasteiger partial charge in [-0.25, -0.2) is 0 Å². The molecular formula is C21H26ClN3O2. The number of halogens is 1. The smallest absolute Gasteiger partial charge is 0.220 e. The lowest BCUT2D eigenvalue weighted by molar-refractivity contribution is -0.121. The number of hydrogen-bond donors (Lipinski definition) is 1. The maximum absolute atomic E-state index is 11.8. The lowest BCUT2D eigenvalue weighted by Gasteiger charge is -2.49. The quantitative estimate of drug-likeness (QED) is 0.877. The van der Waals surface area contributed by atoms with Crippen molar-refractivity contribution in [2.24, 2.45) is 0 Å². The highest BCUT2D eigenvalue weighted by Gasteiger charge is 2.40. The number of carbonyl (C=O) groups excluding carboxylic acids is 1. The number of rotatable bonds is 3. The Hall–Kier alpha value is -1.82. The van der Waals surface area contributed by atoms with Crippen LogP contribution in [0.4, 0.5) is 0 Å². The number of carbonyl (C=O) groups is 1. The first kappa shape index (κ1) is 18.5. The van der Waals surface area contributed by atoms with E-state index < -0.39 is 0 Å². The minimum absolute atomic E-state index is 0.0692. The van der Waals surface area contributed by atoms with E-state index in [-0.39, 0.29) is 11.4 Å². The van der Waals surface area contributed by atoms with Gasteiger partial charge < -0.3 is 9.73 Å². The number of amides is 1. The van der Waals surface area contributed by atoms with Gasteiger partial charge in [0, 0.05) is 48.7 Å². The van der Waals surface area contributed by atoms with Crippen LogP contribution in [-0.2, 0) is 11.3 Å². The maximum Gasteiger partial charge on any atom is 0.220 e. The van der Waals surface area contributed by atoms with Crippen molar-refractivity contribution in [2.75, 3.05) is 33.2 Å². The van der Waals surface area contributed by atoms with Crippen molar-refractivity contribution < 1.29 is 9.21 Å². The Morgan fingerprint density at radius 3 is 2.96 bits per heavy atom. The molecule has 2 aromatic rings. The summed E-state index contributed by atoms with van der Waals surface area (Å²) in [5, 5.41) is 3.72. The van der Waals surface area contributed by atoms with E-state index in [0.29, 0.717) is 11.4 Å². The van der Waals surface area contributed by atoms with Crippen LogP contribution >= 0.6 is 11.6 Å². The van der Waals surface area contributed by atoms with Crippen LogP contribution < -0.4 is 5.32 Å². The molecule has 27 heavy (non-hydrogen) atoms. The van der Waals surface area contributed by atoms with Gasteiger partial charge in [0.15, 0.2) is 0 Å². The summed E-state index contributed by atoms with van der Waals surface area (Å²) in [4.78, 5) is 16.7. The van der Waals surface area contributed by atoms with Crippen LogP contribution in [0.2, 0.25) is 5.02 Å². The van der Waals surface area contributed by atoms with Crippen LogP contribution in [0.5, 0.6) is 0 Å². The molecule has 144 valence electrons. The molecule has 1 atom stereocenters. The highest BCUT2D eigenvalue weighted by Crippen LogP contribution is 2.32. The summed E-state index contributed by atoms with van der Waals surface area (Å²) in [5.41, 5.74) is 1.07. The van der Waals surface area contributed by atoms with E-state index in [9.17, 15) is 4.79 Å². The standard InChI is InChI=1S/C21H26ClN3O2/c1-24-11-12-25(15-21(24)8-7-20(26)23-10-9-21)14-18-5-6-19(27-18)16-3-2-4-17(22)13-16/h2-6,13H,7-12,14-15H2,1H3,(H,23,26)/t21-/m1/s1. The van der Waals surface area contributed by atoms with E-state index in [2.05, 4.69) is 28.2 Å². The zero-order valence-corrected chi connectivity index (χ0v) is 16.5. The molecular weight excluding hydrogens is 362 g/mol. The molecule has 5 nitrogen and oxygen atoms in total. The summed E-state index contributed by atoms with van der Waals surface area (Å²) in [6.07, 6.45) is 2.52. The van der Waals surface area contributed by atoms with Gasteiger partial charge in [0.1, 0.15) is 11.5 Å². The predicted molar refractivity (Wildman–Crippen MR) is 107 cm³/mol. The Labute approximate surface area is 165 Å². The van der Waals surface area contributed by atoms with Crippen molar-refractivity contribution in [3.63, 3.8) is 0 Å². The van der Waals surface area contributed by atoms with Gasteiger partial charge in [-0.3, -0.25) is 14.6 Å². The minimum Gasteiger partial charge on any atom is -0.460 e. The normalized spacial score (nSPS) is 24.7. The highest BCUT2D eigenvalue weighted by atomic mass is 35.5. The number of nitrogens with one attached hydrogen (secondary N) is 1. The van der Waals surface area contributed by atoms with Crippen LogP contribution in [0.25, 0.3) is 11.3 Å². The molecule has 2 aliphatic heterocycles. The molecule has 0 aliphatic carbocycles. The third-order valence-corrected chi connectivity index (χ3v) is 6.19. The Kier molecular flexibility index (Phi) is 5.26. The van der Waals surface area contributed by atoms with Crippen LogP contribution in [0.3, 0.4) is 0 Å². The minimum atomic E-state index is 0.0692. The van der Waals surface area contributed by atoms with Crippen molar-refractivity contribution in [3.8, 4) is 11.3 Å². The number of hydrogen-bond acceptors (Lipinski definition) is 4. The maximum atomic E-state index is 11.8. The Balaban J connectivity index is 1.46. The molecule has 1 amide bonds. The zero-order valence-electron chi connectivity index (χ0n) is 15.7. The van der Waals surface area contributed by atoms with E-state index in [1.54, 1.807) is 0 Å². The molecule has 2 aliphatic rings. The first-order valence-electron chi connectivity index (χ1n) is 9.59. The molecule has 2 fully saturated rings. The van der Waals surface area contributed by atoms with Crippen molar-refractivity contribution in [3.05, 3.63) is 47.2 Å². The van der Waals surface area contributed by atoms with Crippen LogP contribution in [-0.4, -0.2) is 54.5 Å². The van der Waals surface area contributed by atoms with Gasteiger partial charge in [0.25, 0.3) is 0 Å². The summed E-state index contributed by atoms with van der Waals surface area (Å²) in [5.74, 6) is 1.99. The van der Waals surface area contributed by atoms with Gasteiger partial charge >= 0.3 is 0 Å². The highest BCUT2D eigenvalue weighted by molar-refractivity contribution is 6.30. The van der Waals surface area contributed by atoms with E-state index in [4.69, 9.17) is 16.0 Å². The van der Waals surface area contributed by atoms with E-state index in [1.165, 1.54) is 0 Å². The summed E-state index contributed by atoms with van der Waals surface area (Å²) in [7, 11) is 2.19. The number of furan rings is 1. The van der Waals surface area contributed by atoms with Crippen molar-refractivity contribution in [2.45, 2.75) is 31.3 Å². The number of piperazine rings is 1. The fraction of sp³-hybridized carbons (Fsp3) is 0.476. The van der Waals surface area contributed by atoms with Crippen molar-refractivity contribution >= 4 is 17.5 Å².